The van der Waals surface area contributed by atoms with Crippen molar-refractivity contribution in [2.75, 3.05) is 0 Å². The number of aromatic amines is 1. The van der Waals surface area contributed by atoms with Crippen molar-refractivity contribution in [1.29, 1.82) is 0 Å². The molecule has 16 heavy (non-hydrogen) atoms. The summed E-state index contributed by atoms with van der Waals surface area (Å²) in [5, 5.41) is 0. The second kappa shape index (κ2) is 3.08. The minimum atomic E-state index is -0.263. The zero-order chi connectivity index (χ0) is 11.3. The Morgan fingerprint density at radius 2 is 2.31 bits per heavy atom. The van der Waals surface area contributed by atoms with Crippen molar-refractivity contribution in [3.05, 3.63) is 45.4 Å². The van der Waals surface area contributed by atoms with Gasteiger partial charge in [-0.25, -0.2) is 0 Å². The highest BCUT2D eigenvalue weighted by molar-refractivity contribution is 5.36. The summed E-state index contributed by atoms with van der Waals surface area (Å²) >= 11 is 0. The lowest BCUT2D eigenvalue weighted by atomic mass is 9.67. The van der Waals surface area contributed by atoms with Gasteiger partial charge in [0, 0.05) is 17.3 Å². The molecular formula is C13H16N2O. The zero-order valence-electron chi connectivity index (χ0n) is 9.42. The molecule has 1 aromatic heterocycles. The second-order valence-corrected chi connectivity index (χ2v) is 5.23. The third kappa shape index (κ3) is 1.35. The van der Waals surface area contributed by atoms with Crippen molar-refractivity contribution in [1.82, 2.24) is 4.98 Å². The summed E-state index contributed by atoms with van der Waals surface area (Å²) in [4.78, 5) is 14.2. The molecule has 0 unspecified atom stereocenters. The topological polar surface area (TPSA) is 58.9 Å². The Hall–Kier alpha value is -1.35. The summed E-state index contributed by atoms with van der Waals surface area (Å²) in [6, 6.07) is 3.49. The van der Waals surface area contributed by atoms with Gasteiger partial charge in [0.2, 0.25) is 5.56 Å². The largest absolute Gasteiger partial charge is 0.326 e. The van der Waals surface area contributed by atoms with E-state index < -0.39 is 0 Å². The molecule has 0 fully saturated rings. The molecule has 2 aliphatic rings. The molecule has 0 aromatic carbocycles. The van der Waals surface area contributed by atoms with Crippen LogP contribution in [0.2, 0.25) is 0 Å². The van der Waals surface area contributed by atoms with Crippen LogP contribution in [0.4, 0.5) is 0 Å². The van der Waals surface area contributed by atoms with E-state index >= 15 is 0 Å². The monoisotopic (exact) mass is 216 g/mol. The third-order valence-electron chi connectivity index (χ3n) is 3.74. The normalized spacial score (nSPS) is 31.9. The fraction of sp³-hybridized carbons (Fsp3) is 0.462. The number of pyridine rings is 1. The van der Waals surface area contributed by atoms with E-state index in [9.17, 15) is 4.79 Å². The quantitative estimate of drug-likeness (QED) is 0.645. The molecule has 2 aliphatic carbocycles. The molecule has 1 heterocycles. The van der Waals surface area contributed by atoms with Crippen molar-refractivity contribution in [3.8, 4) is 0 Å². The number of nitrogens with one attached hydrogen (secondary N) is 1. The summed E-state index contributed by atoms with van der Waals surface area (Å²) in [7, 11) is 0. The Morgan fingerprint density at radius 1 is 1.50 bits per heavy atom. The SMILES string of the molecule is CC1=C[C@H]2Cc3[nH]c(=O)ccc3[C@@](N)(C1)C2. The molecule has 3 nitrogen and oxygen atoms in total. The van der Waals surface area contributed by atoms with E-state index in [1.807, 2.05) is 6.07 Å². The Bertz CT molecular complexity index is 529. The molecule has 3 rings (SSSR count). The molecular weight excluding hydrogens is 200 g/mol. The maximum atomic E-state index is 11.3. The first-order valence-corrected chi connectivity index (χ1v) is 5.76. The van der Waals surface area contributed by atoms with Gasteiger partial charge in [-0.3, -0.25) is 4.79 Å². The maximum absolute atomic E-state index is 11.3. The van der Waals surface area contributed by atoms with Crippen molar-refractivity contribution < 1.29 is 0 Å². The van der Waals surface area contributed by atoms with Crippen LogP contribution in [0.5, 0.6) is 0 Å². The van der Waals surface area contributed by atoms with Crippen molar-refractivity contribution in [2.45, 2.75) is 31.7 Å². The molecule has 84 valence electrons. The van der Waals surface area contributed by atoms with Crippen LogP contribution in [0.25, 0.3) is 0 Å². The standard InChI is InChI=1S/C13H16N2O/c1-8-4-9-5-11-10(2-3-12(16)15-11)13(14,6-8)7-9/h2-4,9H,5-7,14H2,1H3,(H,15,16)/t9-,13+/m0/s1. The van der Waals surface area contributed by atoms with E-state index in [4.69, 9.17) is 5.73 Å². The van der Waals surface area contributed by atoms with Crippen LogP contribution in [0.3, 0.4) is 0 Å². The number of fused-ring (bicyclic) bond motifs is 4. The van der Waals surface area contributed by atoms with Gasteiger partial charge < -0.3 is 10.7 Å². The summed E-state index contributed by atoms with van der Waals surface area (Å²) in [5.41, 5.74) is 9.74. The molecule has 1 aromatic rings. The van der Waals surface area contributed by atoms with E-state index in [0.29, 0.717) is 5.92 Å². The van der Waals surface area contributed by atoms with E-state index in [1.54, 1.807) is 6.07 Å². The lowest BCUT2D eigenvalue weighted by molar-refractivity contribution is 0.299. The average molecular weight is 216 g/mol. The van der Waals surface area contributed by atoms with Gasteiger partial charge in [0.25, 0.3) is 0 Å². The van der Waals surface area contributed by atoms with Crippen LogP contribution in [0.15, 0.2) is 28.6 Å². The maximum Gasteiger partial charge on any atom is 0.248 e. The molecule has 0 spiro atoms. The Labute approximate surface area is 94.4 Å². The molecule has 0 saturated heterocycles. The predicted molar refractivity (Wildman–Crippen MR) is 63.1 cm³/mol. The minimum Gasteiger partial charge on any atom is -0.326 e. The van der Waals surface area contributed by atoms with E-state index in [-0.39, 0.29) is 11.1 Å². The minimum absolute atomic E-state index is 0.0250. The number of hydrogen-bond donors (Lipinski definition) is 2. The molecule has 3 heteroatoms. The van der Waals surface area contributed by atoms with Gasteiger partial charge in [-0.2, -0.15) is 0 Å². The van der Waals surface area contributed by atoms with E-state index in [2.05, 4.69) is 18.0 Å². The molecule has 2 atom stereocenters. The number of allylic oxidation sites excluding steroid dienone is 1. The van der Waals surface area contributed by atoms with Gasteiger partial charge in [-0.05, 0) is 43.7 Å². The number of hydrogen-bond acceptors (Lipinski definition) is 2. The van der Waals surface area contributed by atoms with Crippen LogP contribution in [0.1, 0.15) is 31.0 Å². The van der Waals surface area contributed by atoms with Crippen LogP contribution < -0.4 is 11.3 Å². The highest BCUT2D eigenvalue weighted by Crippen LogP contribution is 2.43. The molecule has 0 amide bonds. The second-order valence-electron chi connectivity index (χ2n) is 5.23. The highest BCUT2D eigenvalue weighted by atomic mass is 16.1. The van der Waals surface area contributed by atoms with Gasteiger partial charge in [0.1, 0.15) is 0 Å². The zero-order valence-corrected chi connectivity index (χ0v) is 9.42. The first kappa shape index (κ1) is 9.85. The van der Waals surface area contributed by atoms with Crippen LogP contribution in [-0.2, 0) is 12.0 Å². The fourth-order valence-electron chi connectivity index (χ4n) is 3.30. The van der Waals surface area contributed by atoms with Crippen LogP contribution in [0, 0.1) is 5.92 Å². The Balaban J connectivity index is 2.19. The van der Waals surface area contributed by atoms with Crippen molar-refractivity contribution >= 4 is 0 Å². The molecule has 2 bridgehead atoms. The Kier molecular flexibility index (Phi) is 1.89. The van der Waals surface area contributed by atoms with Gasteiger partial charge in [0.05, 0.1) is 0 Å². The van der Waals surface area contributed by atoms with Gasteiger partial charge in [0.15, 0.2) is 0 Å². The number of H-pyrrole nitrogens is 1. The van der Waals surface area contributed by atoms with Gasteiger partial charge in [-0.15, -0.1) is 0 Å². The van der Waals surface area contributed by atoms with E-state index in [1.165, 1.54) is 5.57 Å². The molecule has 0 aliphatic heterocycles. The van der Waals surface area contributed by atoms with Crippen LogP contribution in [-0.4, -0.2) is 4.98 Å². The van der Waals surface area contributed by atoms with E-state index in [0.717, 1.165) is 30.5 Å². The predicted octanol–water partition coefficient (Wildman–Crippen LogP) is 1.44. The van der Waals surface area contributed by atoms with Gasteiger partial charge >= 0.3 is 0 Å². The lowest BCUT2D eigenvalue weighted by Crippen LogP contribution is -2.46. The first-order chi connectivity index (χ1) is 7.57. The number of aromatic nitrogens is 1. The fourth-order valence-corrected chi connectivity index (χ4v) is 3.30. The highest BCUT2D eigenvalue weighted by Gasteiger charge is 2.39. The summed E-state index contributed by atoms with van der Waals surface area (Å²) in [5.74, 6) is 0.490. The smallest absolute Gasteiger partial charge is 0.248 e. The van der Waals surface area contributed by atoms with Crippen molar-refractivity contribution in [3.63, 3.8) is 0 Å². The molecule has 0 saturated carbocycles. The van der Waals surface area contributed by atoms with Crippen LogP contribution >= 0.6 is 0 Å². The Morgan fingerprint density at radius 3 is 3.12 bits per heavy atom. The lowest BCUT2D eigenvalue weighted by Gasteiger charge is -2.42. The summed E-state index contributed by atoms with van der Waals surface area (Å²) in [6.07, 6.45) is 5.13. The third-order valence-corrected chi connectivity index (χ3v) is 3.74. The first-order valence-electron chi connectivity index (χ1n) is 5.76. The number of rotatable bonds is 0. The van der Waals surface area contributed by atoms with Crippen molar-refractivity contribution in [2.24, 2.45) is 11.7 Å². The summed E-state index contributed by atoms with van der Waals surface area (Å²) < 4.78 is 0. The average Bonchev–Trinajstić information content (AvgIpc) is 2.14. The van der Waals surface area contributed by atoms with Gasteiger partial charge in [-0.1, -0.05) is 11.6 Å². The molecule has 3 N–H and O–H groups in total. The summed E-state index contributed by atoms with van der Waals surface area (Å²) in [6.45, 7) is 2.14. The molecule has 0 radical (unpaired) electrons. The number of nitrogens with two attached hydrogens (primary N) is 1.